The predicted molar refractivity (Wildman–Crippen MR) is 95.5 cm³/mol. The van der Waals surface area contributed by atoms with Gasteiger partial charge in [-0.2, -0.15) is 0 Å². The molecule has 1 aromatic rings. The normalized spacial score (nSPS) is 22.7. The zero-order valence-corrected chi connectivity index (χ0v) is 15.4. The van der Waals surface area contributed by atoms with E-state index in [1.54, 1.807) is 30.0 Å². The van der Waals surface area contributed by atoms with Crippen LogP contribution >= 0.6 is 0 Å². The van der Waals surface area contributed by atoms with Crippen molar-refractivity contribution in [3.8, 4) is 5.75 Å². The van der Waals surface area contributed by atoms with Gasteiger partial charge in [-0.05, 0) is 32.0 Å². The average Bonchev–Trinajstić information content (AvgIpc) is 2.62. The van der Waals surface area contributed by atoms with Gasteiger partial charge in [-0.25, -0.2) is 0 Å². The lowest BCUT2D eigenvalue weighted by Crippen LogP contribution is -2.52. The Hall–Kier alpha value is -2.41. The van der Waals surface area contributed by atoms with Gasteiger partial charge in [0.1, 0.15) is 12.3 Å². The van der Waals surface area contributed by atoms with Crippen LogP contribution < -0.4 is 9.64 Å². The summed E-state index contributed by atoms with van der Waals surface area (Å²) in [5.74, 6) is 0.0587. The summed E-state index contributed by atoms with van der Waals surface area (Å²) < 4.78 is 11.1. The number of Topliss-reactive ketones (excluding diaryl/α,β-unsaturated/α-hetero) is 1. The summed E-state index contributed by atoms with van der Waals surface area (Å²) in [6.45, 7) is 6.45. The predicted octanol–water partition coefficient (Wildman–Crippen LogP) is 1.64. The minimum absolute atomic E-state index is 0.0204. The minimum atomic E-state index is -0.290. The van der Waals surface area contributed by atoms with E-state index in [1.165, 1.54) is 4.90 Å². The van der Waals surface area contributed by atoms with Crippen molar-refractivity contribution < 1.29 is 23.9 Å². The molecule has 26 heavy (non-hydrogen) atoms. The lowest BCUT2D eigenvalue weighted by atomic mass is 10.1. The standard InChI is InChI=1S/C19H24N2O5/c1-4-16(22)14-5-6-17-15(7-14)21(19(24)11-25-17)10-18(23)20-8-12(2)26-13(3)9-20/h5-7,12-13H,4,8-11H2,1-3H3. The first kappa shape index (κ1) is 18.4. The third-order valence-corrected chi connectivity index (χ3v) is 4.61. The third kappa shape index (κ3) is 3.72. The number of ether oxygens (including phenoxy) is 2. The van der Waals surface area contributed by atoms with Crippen LogP contribution in [0.1, 0.15) is 37.6 Å². The summed E-state index contributed by atoms with van der Waals surface area (Å²) in [6.07, 6.45) is 0.295. The van der Waals surface area contributed by atoms with Gasteiger partial charge in [0.05, 0.1) is 17.9 Å². The number of benzene rings is 1. The Morgan fingerprint density at radius 3 is 2.54 bits per heavy atom. The number of carbonyl (C=O) groups is 3. The van der Waals surface area contributed by atoms with Gasteiger partial charge < -0.3 is 14.4 Å². The molecule has 0 spiro atoms. The highest BCUT2D eigenvalue weighted by Crippen LogP contribution is 2.33. The summed E-state index contributed by atoms with van der Waals surface area (Å²) in [4.78, 5) is 40.3. The molecule has 2 heterocycles. The van der Waals surface area contributed by atoms with Gasteiger partial charge in [0, 0.05) is 25.1 Å². The Morgan fingerprint density at radius 1 is 1.19 bits per heavy atom. The second-order valence-corrected chi connectivity index (χ2v) is 6.78. The van der Waals surface area contributed by atoms with Crippen molar-refractivity contribution in [1.29, 1.82) is 0 Å². The van der Waals surface area contributed by atoms with Crippen molar-refractivity contribution in [1.82, 2.24) is 4.90 Å². The molecule has 7 nitrogen and oxygen atoms in total. The Balaban J connectivity index is 1.82. The van der Waals surface area contributed by atoms with Crippen LogP contribution in [-0.4, -0.2) is 60.9 Å². The van der Waals surface area contributed by atoms with Crippen molar-refractivity contribution in [2.24, 2.45) is 0 Å². The Kier molecular flexibility index (Phi) is 5.27. The summed E-state index contributed by atoms with van der Waals surface area (Å²) in [5.41, 5.74) is 0.985. The van der Waals surface area contributed by atoms with Crippen molar-refractivity contribution in [3.05, 3.63) is 23.8 Å². The largest absolute Gasteiger partial charge is 0.482 e. The highest BCUT2D eigenvalue weighted by molar-refractivity contribution is 6.04. The van der Waals surface area contributed by atoms with Crippen LogP contribution in [0, 0.1) is 0 Å². The molecule has 1 saturated heterocycles. The van der Waals surface area contributed by atoms with Crippen molar-refractivity contribution in [2.75, 3.05) is 31.1 Å². The van der Waals surface area contributed by atoms with E-state index in [1.807, 2.05) is 13.8 Å². The van der Waals surface area contributed by atoms with Gasteiger partial charge in [-0.3, -0.25) is 19.3 Å². The zero-order chi connectivity index (χ0) is 18.8. The summed E-state index contributed by atoms with van der Waals surface area (Å²) in [6, 6.07) is 5.00. The smallest absolute Gasteiger partial charge is 0.265 e. The van der Waals surface area contributed by atoms with Gasteiger partial charge in [0.25, 0.3) is 5.91 Å². The first-order valence-electron chi connectivity index (χ1n) is 8.92. The maximum absolute atomic E-state index is 12.8. The highest BCUT2D eigenvalue weighted by atomic mass is 16.5. The molecule has 1 aromatic carbocycles. The quantitative estimate of drug-likeness (QED) is 0.763. The third-order valence-electron chi connectivity index (χ3n) is 4.61. The van der Waals surface area contributed by atoms with Gasteiger partial charge in [-0.1, -0.05) is 6.92 Å². The van der Waals surface area contributed by atoms with Crippen molar-refractivity contribution >= 4 is 23.3 Å². The second-order valence-electron chi connectivity index (χ2n) is 6.78. The van der Waals surface area contributed by atoms with Gasteiger partial charge in [0.2, 0.25) is 5.91 Å². The number of nitrogens with zero attached hydrogens (tertiary/aromatic N) is 2. The highest BCUT2D eigenvalue weighted by Gasteiger charge is 2.32. The lowest BCUT2D eigenvalue weighted by molar-refractivity contribution is -0.142. The molecule has 140 valence electrons. The van der Waals surface area contributed by atoms with E-state index in [2.05, 4.69) is 0 Å². The molecule has 7 heteroatoms. The molecule has 0 N–H and O–H groups in total. The number of morpholine rings is 1. The molecule has 1 fully saturated rings. The molecule has 0 saturated carbocycles. The SMILES string of the molecule is CCC(=O)c1ccc2c(c1)N(CC(=O)N1CC(C)OC(C)C1)C(=O)CO2. The Labute approximate surface area is 152 Å². The molecule has 2 aliphatic rings. The molecule has 2 amide bonds. The number of ketones is 1. The Morgan fingerprint density at radius 2 is 1.88 bits per heavy atom. The maximum Gasteiger partial charge on any atom is 0.265 e. The van der Waals surface area contributed by atoms with E-state index in [-0.39, 0.29) is 43.0 Å². The van der Waals surface area contributed by atoms with E-state index >= 15 is 0 Å². The first-order chi connectivity index (χ1) is 12.4. The van der Waals surface area contributed by atoms with E-state index in [0.29, 0.717) is 36.5 Å². The van der Waals surface area contributed by atoms with Crippen LogP contribution in [0.5, 0.6) is 5.75 Å². The van der Waals surface area contributed by atoms with Crippen LogP contribution in [0.25, 0.3) is 0 Å². The summed E-state index contributed by atoms with van der Waals surface area (Å²) >= 11 is 0. The van der Waals surface area contributed by atoms with E-state index in [9.17, 15) is 14.4 Å². The van der Waals surface area contributed by atoms with E-state index in [4.69, 9.17) is 9.47 Å². The summed E-state index contributed by atoms with van der Waals surface area (Å²) in [5, 5.41) is 0. The van der Waals surface area contributed by atoms with Gasteiger partial charge in [0.15, 0.2) is 12.4 Å². The molecule has 2 unspecified atom stereocenters. The van der Waals surface area contributed by atoms with Crippen LogP contribution in [0.3, 0.4) is 0 Å². The number of anilines is 1. The summed E-state index contributed by atoms with van der Waals surface area (Å²) in [7, 11) is 0. The fraction of sp³-hybridized carbons (Fsp3) is 0.526. The monoisotopic (exact) mass is 360 g/mol. The van der Waals surface area contributed by atoms with Crippen LogP contribution in [0.2, 0.25) is 0 Å². The zero-order valence-electron chi connectivity index (χ0n) is 15.4. The van der Waals surface area contributed by atoms with Gasteiger partial charge >= 0.3 is 0 Å². The number of carbonyl (C=O) groups excluding carboxylic acids is 3. The Bertz CT molecular complexity index is 723. The topological polar surface area (TPSA) is 76.2 Å². The van der Waals surface area contributed by atoms with Crippen molar-refractivity contribution in [2.45, 2.75) is 39.4 Å². The molecular weight excluding hydrogens is 336 g/mol. The van der Waals surface area contributed by atoms with Crippen molar-refractivity contribution in [3.63, 3.8) is 0 Å². The van der Waals surface area contributed by atoms with E-state index in [0.717, 1.165) is 0 Å². The first-order valence-corrected chi connectivity index (χ1v) is 8.92. The number of rotatable bonds is 4. The van der Waals surface area contributed by atoms with Crippen LogP contribution in [0.15, 0.2) is 18.2 Å². The van der Waals surface area contributed by atoms with Crippen LogP contribution in [-0.2, 0) is 14.3 Å². The molecular formula is C19H24N2O5. The molecule has 3 rings (SSSR count). The number of hydrogen-bond donors (Lipinski definition) is 0. The minimum Gasteiger partial charge on any atom is -0.482 e. The van der Waals surface area contributed by atoms with Crippen LogP contribution in [0.4, 0.5) is 5.69 Å². The molecule has 2 atom stereocenters. The lowest BCUT2D eigenvalue weighted by Gasteiger charge is -2.37. The molecule has 0 radical (unpaired) electrons. The van der Waals surface area contributed by atoms with E-state index < -0.39 is 0 Å². The fourth-order valence-electron chi connectivity index (χ4n) is 3.37. The average molecular weight is 360 g/mol. The number of amides is 2. The molecule has 2 aliphatic heterocycles. The van der Waals surface area contributed by atoms with Gasteiger partial charge in [-0.15, -0.1) is 0 Å². The molecule has 0 bridgehead atoms. The second kappa shape index (κ2) is 7.45. The maximum atomic E-state index is 12.8. The number of fused-ring (bicyclic) bond motifs is 1. The fourth-order valence-corrected chi connectivity index (χ4v) is 3.37. The molecule has 0 aromatic heterocycles. The molecule has 0 aliphatic carbocycles. The number of hydrogen-bond acceptors (Lipinski definition) is 5.